The number of aliphatic hydroxyl groups excluding tert-OH is 1. The lowest BCUT2D eigenvalue weighted by atomic mass is 10.1. The summed E-state index contributed by atoms with van der Waals surface area (Å²) in [6.07, 6.45) is 4.87. The highest BCUT2D eigenvalue weighted by molar-refractivity contribution is 5.90. The zero-order valence-corrected chi connectivity index (χ0v) is 14.5. The summed E-state index contributed by atoms with van der Waals surface area (Å²) < 4.78 is 6.57. The third-order valence-corrected chi connectivity index (χ3v) is 4.79. The Labute approximate surface area is 150 Å². The first-order valence-electron chi connectivity index (χ1n) is 8.62. The first-order valence-corrected chi connectivity index (χ1v) is 8.62. The summed E-state index contributed by atoms with van der Waals surface area (Å²) in [7, 11) is 1.37. The molecule has 7 nitrogen and oxygen atoms in total. The second-order valence-electron chi connectivity index (χ2n) is 6.38. The number of ether oxygens (including phenoxy) is 1. The molecule has 1 N–H and O–H groups in total. The van der Waals surface area contributed by atoms with Gasteiger partial charge < -0.3 is 14.7 Å². The number of rotatable bonds is 3. The van der Waals surface area contributed by atoms with Gasteiger partial charge >= 0.3 is 5.97 Å². The average molecular weight is 352 g/mol. The minimum atomic E-state index is -0.357. The number of hydrogen-bond acceptors (Lipinski definition) is 6. The molecule has 0 saturated carbocycles. The predicted molar refractivity (Wildman–Crippen MR) is 97.2 cm³/mol. The first kappa shape index (κ1) is 16.5. The van der Waals surface area contributed by atoms with E-state index >= 15 is 0 Å². The van der Waals surface area contributed by atoms with Gasteiger partial charge in [0.2, 0.25) is 0 Å². The van der Waals surface area contributed by atoms with E-state index in [2.05, 4.69) is 15.0 Å². The topological polar surface area (TPSA) is 80.0 Å². The third-order valence-electron chi connectivity index (χ3n) is 4.79. The van der Waals surface area contributed by atoms with E-state index < -0.39 is 0 Å². The number of carbonyl (C=O) groups excluding carboxylic acids is 1. The van der Waals surface area contributed by atoms with Crippen molar-refractivity contribution in [3.05, 3.63) is 48.3 Å². The maximum Gasteiger partial charge on any atom is 0.337 e. The SMILES string of the molecule is COC(=O)c1ccc(-c2cnn3c(N4CCC(O)CC4)ccnc23)cc1. The summed E-state index contributed by atoms with van der Waals surface area (Å²) in [4.78, 5) is 18.3. The van der Waals surface area contributed by atoms with Gasteiger partial charge in [-0.15, -0.1) is 0 Å². The van der Waals surface area contributed by atoms with E-state index in [0.717, 1.165) is 48.5 Å². The minimum absolute atomic E-state index is 0.218. The quantitative estimate of drug-likeness (QED) is 0.728. The molecule has 1 saturated heterocycles. The summed E-state index contributed by atoms with van der Waals surface area (Å²) in [5.74, 6) is 0.614. The zero-order valence-electron chi connectivity index (χ0n) is 14.5. The van der Waals surface area contributed by atoms with Crippen LogP contribution in [0.4, 0.5) is 5.82 Å². The van der Waals surface area contributed by atoms with E-state index in [9.17, 15) is 9.90 Å². The van der Waals surface area contributed by atoms with Crippen LogP contribution in [0, 0.1) is 0 Å². The summed E-state index contributed by atoms with van der Waals surface area (Å²) in [6.45, 7) is 1.59. The molecule has 3 heterocycles. The van der Waals surface area contributed by atoms with Crippen LogP contribution in [0.15, 0.2) is 42.7 Å². The van der Waals surface area contributed by atoms with Crippen LogP contribution in [-0.4, -0.2) is 52.0 Å². The minimum Gasteiger partial charge on any atom is -0.465 e. The van der Waals surface area contributed by atoms with Gasteiger partial charge in [-0.05, 0) is 36.6 Å². The highest BCUT2D eigenvalue weighted by Crippen LogP contribution is 2.27. The van der Waals surface area contributed by atoms with Crippen molar-refractivity contribution in [2.75, 3.05) is 25.1 Å². The van der Waals surface area contributed by atoms with E-state index in [1.807, 2.05) is 22.7 Å². The summed E-state index contributed by atoms with van der Waals surface area (Å²) in [5, 5.41) is 14.2. The molecule has 0 bridgehead atoms. The van der Waals surface area contributed by atoms with Crippen molar-refractivity contribution < 1.29 is 14.6 Å². The maximum absolute atomic E-state index is 11.6. The lowest BCUT2D eigenvalue weighted by molar-refractivity contribution is 0.0600. The molecule has 3 aromatic rings. The molecule has 0 atom stereocenters. The molecular weight excluding hydrogens is 332 g/mol. The normalized spacial score (nSPS) is 15.4. The van der Waals surface area contributed by atoms with Crippen LogP contribution in [-0.2, 0) is 4.74 Å². The Morgan fingerprint density at radius 1 is 1.19 bits per heavy atom. The summed E-state index contributed by atoms with van der Waals surface area (Å²) in [5.41, 5.74) is 3.11. The maximum atomic E-state index is 11.6. The molecule has 0 spiro atoms. The number of carbonyl (C=O) groups is 1. The van der Waals surface area contributed by atoms with Crippen LogP contribution in [0.5, 0.6) is 0 Å². The lowest BCUT2D eigenvalue weighted by Gasteiger charge is -2.31. The van der Waals surface area contributed by atoms with Crippen molar-refractivity contribution in [3.63, 3.8) is 0 Å². The Bertz CT molecular complexity index is 928. The van der Waals surface area contributed by atoms with Crippen LogP contribution in [0.3, 0.4) is 0 Å². The van der Waals surface area contributed by atoms with Crippen LogP contribution in [0.25, 0.3) is 16.8 Å². The summed E-state index contributed by atoms with van der Waals surface area (Å²) in [6, 6.07) is 9.16. The number of methoxy groups -OCH3 is 1. The molecule has 1 aliphatic rings. The number of piperidine rings is 1. The van der Waals surface area contributed by atoms with Crippen molar-refractivity contribution in [2.24, 2.45) is 0 Å². The van der Waals surface area contributed by atoms with Gasteiger partial charge in [0, 0.05) is 24.8 Å². The van der Waals surface area contributed by atoms with Crippen molar-refractivity contribution in [1.82, 2.24) is 14.6 Å². The van der Waals surface area contributed by atoms with Gasteiger partial charge in [-0.1, -0.05) is 12.1 Å². The average Bonchev–Trinajstić information content (AvgIpc) is 3.12. The van der Waals surface area contributed by atoms with Crippen molar-refractivity contribution in [3.8, 4) is 11.1 Å². The Morgan fingerprint density at radius 3 is 2.62 bits per heavy atom. The molecule has 26 heavy (non-hydrogen) atoms. The Kier molecular flexibility index (Phi) is 4.30. The van der Waals surface area contributed by atoms with Gasteiger partial charge in [0.15, 0.2) is 5.65 Å². The fraction of sp³-hybridized carbons (Fsp3) is 0.316. The molecule has 0 aliphatic carbocycles. The number of esters is 1. The lowest BCUT2D eigenvalue weighted by Crippen LogP contribution is -2.36. The molecule has 134 valence electrons. The van der Waals surface area contributed by atoms with E-state index in [1.165, 1.54) is 7.11 Å². The largest absolute Gasteiger partial charge is 0.465 e. The second-order valence-corrected chi connectivity index (χ2v) is 6.38. The van der Waals surface area contributed by atoms with Crippen LogP contribution < -0.4 is 4.90 Å². The van der Waals surface area contributed by atoms with Gasteiger partial charge in [0.1, 0.15) is 5.82 Å². The molecule has 0 amide bonds. The molecule has 0 radical (unpaired) electrons. The van der Waals surface area contributed by atoms with E-state index in [0.29, 0.717) is 5.56 Å². The zero-order chi connectivity index (χ0) is 18.1. The number of fused-ring (bicyclic) bond motifs is 1. The van der Waals surface area contributed by atoms with Crippen LogP contribution in [0.1, 0.15) is 23.2 Å². The Morgan fingerprint density at radius 2 is 1.92 bits per heavy atom. The van der Waals surface area contributed by atoms with Gasteiger partial charge in [0.25, 0.3) is 0 Å². The summed E-state index contributed by atoms with van der Waals surface area (Å²) >= 11 is 0. The second kappa shape index (κ2) is 6.76. The van der Waals surface area contributed by atoms with Gasteiger partial charge in [-0.3, -0.25) is 0 Å². The molecule has 2 aromatic heterocycles. The van der Waals surface area contributed by atoms with Crippen molar-refractivity contribution in [2.45, 2.75) is 18.9 Å². The predicted octanol–water partition coefficient (Wildman–Crippen LogP) is 2.14. The standard InChI is InChI=1S/C19H20N4O3/c1-26-19(25)14-4-2-13(3-5-14)16-12-21-23-17(6-9-20-18(16)23)22-10-7-15(24)8-11-22/h2-6,9,12,15,24H,7-8,10-11H2,1H3. The van der Waals surface area contributed by atoms with Gasteiger partial charge in [-0.25, -0.2) is 9.78 Å². The van der Waals surface area contributed by atoms with Gasteiger partial charge in [0.05, 0.1) is 25.0 Å². The Balaban J connectivity index is 1.69. The number of anilines is 1. The fourth-order valence-electron chi connectivity index (χ4n) is 3.32. The highest BCUT2D eigenvalue weighted by Gasteiger charge is 2.20. The van der Waals surface area contributed by atoms with Crippen molar-refractivity contribution in [1.29, 1.82) is 0 Å². The molecule has 1 aliphatic heterocycles. The number of benzene rings is 1. The van der Waals surface area contributed by atoms with E-state index in [-0.39, 0.29) is 12.1 Å². The fourth-order valence-corrected chi connectivity index (χ4v) is 3.32. The molecule has 7 heteroatoms. The van der Waals surface area contributed by atoms with Gasteiger partial charge in [-0.2, -0.15) is 9.61 Å². The number of aliphatic hydroxyl groups is 1. The molecule has 4 rings (SSSR count). The molecular formula is C19H20N4O3. The third kappa shape index (κ3) is 2.90. The molecule has 1 fully saturated rings. The van der Waals surface area contributed by atoms with E-state index in [1.54, 1.807) is 24.5 Å². The highest BCUT2D eigenvalue weighted by atomic mass is 16.5. The van der Waals surface area contributed by atoms with Crippen LogP contribution in [0.2, 0.25) is 0 Å². The number of aromatic nitrogens is 3. The smallest absolute Gasteiger partial charge is 0.337 e. The Hall–Kier alpha value is -2.93. The van der Waals surface area contributed by atoms with Crippen molar-refractivity contribution >= 4 is 17.4 Å². The monoisotopic (exact) mass is 352 g/mol. The molecule has 1 aromatic carbocycles. The van der Waals surface area contributed by atoms with E-state index in [4.69, 9.17) is 4.74 Å². The first-order chi connectivity index (χ1) is 12.7. The number of hydrogen-bond donors (Lipinski definition) is 1. The number of nitrogens with zero attached hydrogens (tertiary/aromatic N) is 4. The molecule has 0 unspecified atom stereocenters. The van der Waals surface area contributed by atoms with Crippen LogP contribution >= 0.6 is 0 Å².